The maximum Gasteiger partial charge on any atom is 0.327 e. The molecule has 15 heavy (non-hydrogen) atoms. The topological polar surface area (TPSA) is 57.6 Å². The number of carbonyl (C=O) groups is 2. The van der Waals surface area contributed by atoms with Gasteiger partial charge in [-0.15, -0.1) is 11.8 Å². The predicted octanol–water partition coefficient (Wildman–Crippen LogP) is 1.62. The molecule has 1 N–H and O–H groups in total. The summed E-state index contributed by atoms with van der Waals surface area (Å²) in [5, 5.41) is 8.97. The van der Waals surface area contributed by atoms with Crippen LogP contribution in [-0.2, 0) is 9.59 Å². The molecule has 2 saturated heterocycles. The number of hydrogen-bond donors (Lipinski definition) is 1. The molecule has 1 amide bonds. The Morgan fingerprint density at radius 2 is 2.07 bits per heavy atom. The number of amides is 1. The highest BCUT2D eigenvalue weighted by Crippen LogP contribution is 2.60. The molecule has 0 radical (unpaired) electrons. The molecule has 84 valence electrons. The third kappa shape index (κ3) is 1.39. The van der Waals surface area contributed by atoms with Crippen LogP contribution in [0.4, 0.5) is 0 Å². The van der Waals surface area contributed by atoms with Crippen molar-refractivity contribution in [2.75, 3.05) is 0 Å². The molecule has 0 aromatic carbocycles. The minimum Gasteiger partial charge on any atom is -0.480 e. The Kier molecular flexibility index (Phi) is 2.45. The first kappa shape index (κ1) is 11.7. The molecule has 2 heterocycles. The van der Waals surface area contributed by atoms with Crippen molar-refractivity contribution in [2.45, 2.75) is 33.2 Å². The molecular weight excluding hydrogens is 350 g/mol. The minimum atomic E-state index is -0.946. The van der Waals surface area contributed by atoms with E-state index in [0.29, 0.717) is 0 Å². The summed E-state index contributed by atoms with van der Waals surface area (Å²) in [6, 6.07) is -0.747. The SMILES string of the molecule is CC1(C)S[C@H]2N(C(=O)C2(Br)Br)[C@@H]1C(=O)O. The lowest BCUT2D eigenvalue weighted by atomic mass is 9.98. The molecule has 0 aliphatic carbocycles. The average molecular weight is 359 g/mol. The van der Waals surface area contributed by atoms with Crippen molar-refractivity contribution >= 4 is 55.5 Å². The molecule has 2 rings (SSSR count). The number of carboxylic acid groups (broad SMARTS) is 1. The van der Waals surface area contributed by atoms with Gasteiger partial charge in [0.15, 0.2) is 3.23 Å². The van der Waals surface area contributed by atoms with Gasteiger partial charge in [-0.05, 0) is 13.8 Å². The number of halogens is 2. The van der Waals surface area contributed by atoms with Gasteiger partial charge in [-0.2, -0.15) is 0 Å². The lowest BCUT2D eigenvalue weighted by molar-refractivity contribution is -0.157. The first-order chi connectivity index (χ1) is 6.69. The molecule has 0 aromatic heterocycles. The number of carboxylic acids is 1. The molecule has 2 atom stereocenters. The van der Waals surface area contributed by atoms with Gasteiger partial charge in [0.25, 0.3) is 5.91 Å². The van der Waals surface area contributed by atoms with Crippen LogP contribution in [-0.4, -0.2) is 41.3 Å². The zero-order valence-electron chi connectivity index (χ0n) is 8.03. The summed E-state index contributed by atoms with van der Waals surface area (Å²) < 4.78 is -1.25. The second-order valence-corrected chi connectivity index (χ2v) is 9.45. The smallest absolute Gasteiger partial charge is 0.327 e. The second kappa shape index (κ2) is 3.13. The van der Waals surface area contributed by atoms with Gasteiger partial charge in [-0.1, -0.05) is 31.9 Å². The number of alkyl halides is 2. The van der Waals surface area contributed by atoms with E-state index in [0.717, 1.165) is 0 Å². The van der Waals surface area contributed by atoms with E-state index < -0.39 is 20.0 Å². The Labute approximate surface area is 108 Å². The summed E-state index contributed by atoms with van der Waals surface area (Å²) >= 11 is 8.05. The zero-order valence-corrected chi connectivity index (χ0v) is 12.0. The fourth-order valence-corrected chi connectivity index (χ4v) is 4.89. The van der Waals surface area contributed by atoms with Gasteiger partial charge in [0, 0.05) is 4.75 Å². The number of fused-ring (bicyclic) bond motifs is 1. The highest BCUT2D eigenvalue weighted by Gasteiger charge is 2.69. The van der Waals surface area contributed by atoms with E-state index in [9.17, 15) is 9.59 Å². The third-order valence-corrected chi connectivity index (χ3v) is 6.45. The van der Waals surface area contributed by atoms with Gasteiger partial charge in [-0.3, -0.25) is 4.79 Å². The Morgan fingerprint density at radius 3 is 2.53 bits per heavy atom. The molecule has 0 bridgehead atoms. The molecular formula is C8H9Br2NO3S. The van der Waals surface area contributed by atoms with E-state index in [1.54, 1.807) is 0 Å². The van der Waals surface area contributed by atoms with Crippen LogP contribution in [0, 0.1) is 0 Å². The van der Waals surface area contributed by atoms with Crippen molar-refractivity contribution in [1.82, 2.24) is 4.90 Å². The van der Waals surface area contributed by atoms with Crippen LogP contribution in [0.2, 0.25) is 0 Å². The van der Waals surface area contributed by atoms with Gasteiger partial charge < -0.3 is 10.0 Å². The van der Waals surface area contributed by atoms with Crippen molar-refractivity contribution in [3.05, 3.63) is 0 Å². The largest absolute Gasteiger partial charge is 0.480 e. The molecule has 2 aliphatic rings. The van der Waals surface area contributed by atoms with Crippen molar-refractivity contribution in [1.29, 1.82) is 0 Å². The summed E-state index contributed by atoms with van der Waals surface area (Å²) in [4.78, 5) is 24.3. The normalized spacial score (nSPS) is 36.0. The first-order valence-corrected chi connectivity index (χ1v) is 6.77. The van der Waals surface area contributed by atoms with E-state index in [2.05, 4.69) is 31.9 Å². The lowest BCUT2D eigenvalue weighted by Gasteiger charge is -2.46. The highest BCUT2D eigenvalue weighted by molar-refractivity contribution is 9.26. The Bertz CT molecular complexity index is 358. The van der Waals surface area contributed by atoms with Gasteiger partial charge >= 0.3 is 5.97 Å². The van der Waals surface area contributed by atoms with Crippen LogP contribution < -0.4 is 0 Å². The van der Waals surface area contributed by atoms with Crippen LogP contribution in [0.25, 0.3) is 0 Å². The molecule has 0 saturated carbocycles. The maximum atomic E-state index is 11.7. The minimum absolute atomic E-state index is 0.152. The fraction of sp³-hybridized carbons (Fsp3) is 0.750. The summed E-state index contributed by atoms with van der Waals surface area (Å²) in [6.07, 6.45) is 0. The first-order valence-electron chi connectivity index (χ1n) is 4.31. The predicted molar refractivity (Wildman–Crippen MR) is 64.3 cm³/mol. The van der Waals surface area contributed by atoms with Gasteiger partial charge in [0.1, 0.15) is 11.4 Å². The Morgan fingerprint density at radius 1 is 1.53 bits per heavy atom. The number of β-lactam (4-membered cyclic amide) rings is 1. The summed E-state index contributed by atoms with van der Waals surface area (Å²) in [6.45, 7) is 3.69. The fourth-order valence-electron chi connectivity index (χ4n) is 1.98. The standard InChI is InChI=1S/C8H9Br2NO3S/c1-7(2)3(4(12)13)11-5(14)8(9,10)6(11)15-7/h3,6H,1-2H3,(H,12,13)/t3-,6-/m1/s1. The zero-order chi connectivity index (χ0) is 11.6. The quantitative estimate of drug-likeness (QED) is 0.571. The Balaban J connectivity index is 2.37. The summed E-state index contributed by atoms with van der Waals surface area (Å²) in [7, 11) is 0. The van der Waals surface area contributed by atoms with E-state index in [1.165, 1.54) is 16.7 Å². The average Bonchev–Trinajstić information content (AvgIpc) is 2.35. The molecule has 0 spiro atoms. The number of hydrogen-bond acceptors (Lipinski definition) is 3. The highest BCUT2D eigenvalue weighted by atomic mass is 79.9. The number of carbonyl (C=O) groups excluding carboxylic acids is 1. The van der Waals surface area contributed by atoms with Crippen molar-refractivity contribution in [3.63, 3.8) is 0 Å². The molecule has 2 fully saturated rings. The lowest BCUT2D eigenvalue weighted by Crippen LogP contribution is -2.68. The van der Waals surface area contributed by atoms with E-state index in [1.807, 2.05) is 13.8 Å². The van der Waals surface area contributed by atoms with Crippen LogP contribution >= 0.6 is 43.6 Å². The molecule has 4 nitrogen and oxygen atoms in total. The van der Waals surface area contributed by atoms with E-state index in [4.69, 9.17) is 5.11 Å². The van der Waals surface area contributed by atoms with Crippen molar-refractivity contribution in [2.24, 2.45) is 0 Å². The van der Waals surface area contributed by atoms with Crippen molar-refractivity contribution in [3.8, 4) is 0 Å². The molecule has 7 heteroatoms. The van der Waals surface area contributed by atoms with Gasteiger partial charge in [0.2, 0.25) is 0 Å². The third-order valence-electron chi connectivity index (χ3n) is 2.67. The van der Waals surface area contributed by atoms with Crippen LogP contribution in [0.1, 0.15) is 13.8 Å². The number of aliphatic carboxylic acids is 1. The van der Waals surface area contributed by atoms with Crippen LogP contribution in [0.15, 0.2) is 0 Å². The number of nitrogens with zero attached hydrogens (tertiary/aromatic N) is 1. The maximum absolute atomic E-state index is 11.7. The van der Waals surface area contributed by atoms with Gasteiger partial charge in [0.05, 0.1) is 0 Å². The van der Waals surface area contributed by atoms with E-state index in [-0.39, 0.29) is 11.3 Å². The second-order valence-electron chi connectivity index (χ2n) is 4.15. The van der Waals surface area contributed by atoms with Crippen LogP contribution in [0.5, 0.6) is 0 Å². The molecule has 0 aromatic rings. The number of rotatable bonds is 1. The summed E-state index contributed by atoms with van der Waals surface area (Å²) in [5.41, 5.74) is 0. The Hall–Kier alpha value is 0.250. The molecule has 0 unspecified atom stereocenters. The van der Waals surface area contributed by atoms with Crippen LogP contribution in [0.3, 0.4) is 0 Å². The van der Waals surface area contributed by atoms with Crippen molar-refractivity contribution < 1.29 is 14.7 Å². The van der Waals surface area contributed by atoms with E-state index >= 15 is 0 Å². The monoisotopic (exact) mass is 357 g/mol. The summed E-state index contributed by atoms with van der Waals surface area (Å²) in [5.74, 6) is -1.16. The molecule has 2 aliphatic heterocycles. The van der Waals surface area contributed by atoms with Gasteiger partial charge in [-0.25, -0.2) is 4.79 Å². The number of thioether (sulfide) groups is 1.